The van der Waals surface area contributed by atoms with Gasteiger partial charge < -0.3 is 5.32 Å². The molecule has 1 amide bonds. The van der Waals surface area contributed by atoms with Crippen LogP contribution in [-0.2, 0) is 11.3 Å². The molecular formula is C19H19FN4O3. The highest BCUT2D eigenvalue weighted by Gasteiger charge is 2.21. The van der Waals surface area contributed by atoms with Crippen LogP contribution < -0.4 is 11.1 Å². The summed E-state index contributed by atoms with van der Waals surface area (Å²) < 4.78 is 19.0. The van der Waals surface area contributed by atoms with Crippen LogP contribution in [0.3, 0.4) is 0 Å². The molecule has 0 radical (unpaired) electrons. The van der Waals surface area contributed by atoms with Crippen LogP contribution in [0, 0.1) is 11.7 Å². The molecule has 3 aromatic rings. The number of benzene rings is 1. The van der Waals surface area contributed by atoms with Gasteiger partial charge in [0.05, 0.1) is 6.04 Å². The fourth-order valence-corrected chi connectivity index (χ4v) is 2.75. The average Bonchev–Trinajstić information content (AvgIpc) is 3.01. The molecule has 1 N–H and O–H groups in total. The van der Waals surface area contributed by atoms with Gasteiger partial charge in [-0.15, -0.1) is 0 Å². The van der Waals surface area contributed by atoms with E-state index >= 15 is 0 Å². The summed E-state index contributed by atoms with van der Waals surface area (Å²) in [5.74, 6) is -1.23. The Bertz CT molecular complexity index is 965. The number of halogens is 1. The number of hydrogen-bond acceptors (Lipinski definition) is 5. The van der Waals surface area contributed by atoms with Gasteiger partial charge >= 0.3 is 5.76 Å². The van der Waals surface area contributed by atoms with Gasteiger partial charge in [0.15, 0.2) is 0 Å². The highest BCUT2D eigenvalue weighted by Crippen LogP contribution is 2.22. The van der Waals surface area contributed by atoms with Crippen LogP contribution in [0.15, 0.2) is 58.0 Å². The number of rotatable bonds is 6. The second-order valence-corrected chi connectivity index (χ2v) is 6.41. The third-order valence-corrected chi connectivity index (χ3v) is 4.09. The van der Waals surface area contributed by atoms with Crippen molar-refractivity contribution >= 4 is 5.91 Å². The molecule has 0 fully saturated rings. The minimum absolute atomic E-state index is 0.0638. The molecular weight excluding hydrogens is 351 g/mol. The van der Waals surface area contributed by atoms with Gasteiger partial charge in [-0.2, -0.15) is 0 Å². The van der Waals surface area contributed by atoms with Gasteiger partial charge in [0.1, 0.15) is 18.1 Å². The van der Waals surface area contributed by atoms with Crippen molar-refractivity contribution in [1.82, 2.24) is 20.0 Å². The van der Waals surface area contributed by atoms with Crippen molar-refractivity contribution in [1.29, 1.82) is 0 Å². The number of carbonyl (C=O) groups is 1. The zero-order chi connectivity index (χ0) is 19.4. The number of nitrogens with zero attached hydrogens (tertiary/aromatic N) is 3. The Hall–Kier alpha value is -3.29. The Labute approximate surface area is 154 Å². The van der Waals surface area contributed by atoms with Gasteiger partial charge in [0.2, 0.25) is 11.7 Å². The molecule has 0 aliphatic carbocycles. The van der Waals surface area contributed by atoms with Crippen LogP contribution in [-0.4, -0.2) is 20.6 Å². The molecule has 0 spiro atoms. The second-order valence-electron chi connectivity index (χ2n) is 6.41. The lowest BCUT2D eigenvalue weighted by molar-refractivity contribution is -0.122. The first-order chi connectivity index (χ1) is 13.0. The predicted octanol–water partition coefficient (Wildman–Crippen LogP) is 2.55. The van der Waals surface area contributed by atoms with E-state index < -0.39 is 5.76 Å². The third kappa shape index (κ3) is 4.28. The van der Waals surface area contributed by atoms with Gasteiger partial charge in [-0.3, -0.25) is 14.3 Å². The Morgan fingerprint density at radius 2 is 1.96 bits per heavy atom. The van der Waals surface area contributed by atoms with Crippen molar-refractivity contribution < 1.29 is 13.7 Å². The Kier molecular flexibility index (Phi) is 5.44. The lowest BCUT2D eigenvalue weighted by Crippen LogP contribution is -2.36. The Balaban J connectivity index is 1.80. The fourth-order valence-electron chi connectivity index (χ4n) is 2.75. The highest BCUT2D eigenvalue weighted by molar-refractivity contribution is 5.76. The van der Waals surface area contributed by atoms with Crippen molar-refractivity contribution in [2.75, 3.05) is 0 Å². The number of carbonyl (C=O) groups excluding carboxylic acids is 1. The number of aromatic nitrogens is 3. The molecule has 0 aliphatic heterocycles. The van der Waals surface area contributed by atoms with Crippen molar-refractivity contribution in [2.24, 2.45) is 5.92 Å². The molecule has 3 rings (SSSR count). The van der Waals surface area contributed by atoms with Crippen molar-refractivity contribution in [3.05, 3.63) is 70.6 Å². The summed E-state index contributed by atoms with van der Waals surface area (Å²) in [5, 5.41) is 6.60. The summed E-state index contributed by atoms with van der Waals surface area (Å²) in [4.78, 5) is 28.7. The van der Waals surface area contributed by atoms with Crippen molar-refractivity contribution in [3.8, 4) is 11.5 Å². The van der Waals surface area contributed by atoms with E-state index in [1.54, 1.807) is 36.5 Å². The Morgan fingerprint density at radius 3 is 2.59 bits per heavy atom. The lowest BCUT2D eigenvalue weighted by atomic mass is 9.96. The number of hydrogen-bond donors (Lipinski definition) is 1. The molecule has 27 heavy (non-hydrogen) atoms. The summed E-state index contributed by atoms with van der Waals surface area (Å²) in [6.07, 6.45) is 1.56. The smallest absolute Gasteiger partial charge is 0.347 e. The molecule has 0 bridgehead atoms. The van der Waals surface area contributed by atoms with Gasteiger partial charge in [-0.1, -0.05) is 37.2 Å². The zero-order valence-corrected chi connectivity index (χ0v) is 14.9. The molecule has 140 valence electrons. The van der Waals surface area contributed by atoms with Crippen LogP contribution in [0.2, 0.25) is 0 Å². The number of nitrogens with one attached hydrogen (secondary N) is 1. The van der Waals surface area contributed by atoms with Crippen LogP contribution in [0.1, 0.15) is 25.5 Å². The monoisotopic (exact) mass is 370 g/mol. The topological polar surface area (TPSA) is 90.0 Å². The SMILES string of the molecule is CC(C)C(NC(=O)Cn1c(-c2ccccn2)noc1=O)c1ccc(F)cc1. The molecule has 2 aromatic heterocycles. The van der Waals surface area contributed by atoms with E-state index in [0.717, 1.165) is 10.1 Å². The first-order valence-corrected chi connectivity index (χ1v) is 8.48. The summed E-state index contributed by atoms with van der Waals surface area (Å²) in [5.41, 5.74) is 1.21. The highest BCUT2D eigenvalue weighted by atomic mass is 19.1. The van der Waals surface area contributed by atoms with E-state index in [4.69, 9.17) is 4.52 Å². The molecule has 0 aliphatic rings. The first-order valence-electron chi connectivity index (χ1n) is 8.48. The van der Waals surface area contributed by atoms with Crippen LogP contribution in [0.4, 0.5) is 4.39 Å². The standard InChI is InChI=1S/C19H19FN4O3/c1-12(2)17(13-6-8-14(20)9-7-13)22-16(25)11-24-18(23-27-19(24)26)15-5-3-4-10-21-15/h3-10,12,17H,11H2,1-2H3,(H,22,25). The maximum absolute atomic E-state index is 13.2. The minimum atomic E-state index is -0.742. The summed E-state index contributed by atoms with van der Waals surface area (Å²) >= 11 is 0. The van der Waals surface area contributed by atoms with E-state index in [0.29, 0.717) is 5.69 Å². The van der Waals surface area contributed by atoms with E-state index in [2.05, 4.69) is 15.5 Å². The first kappa shape index (κ1) is 18.5. The van der Waals surface area contributed by atoms with E-state index in [9.17, 15) is 14.0 Å². The minimum Gasteiger partial charge on any atom is -0.347 e. The van der Waals surface area contributed by atoms with Crippen LogP contribution >= 0.6 is 0 Å². The lowest BCUT2D eigenvalue weighted by Gasteiger charge is -2.23. The molecule has 0 saturated heterocycles. The van der Waals surface area contributed by atoms with Crippen molar-refractivity contribution in [2.45, 2.75) is 26.4 Å². The zero-order valence-electron chi connectivity index (χ0n) is 14.9. The molecule has 1 unspecified atom stereocenters. The average molecular weight is 370 g/mol. The van der Waals surface area contributed by atoms with Crippen LogP contribution in [0.25, 0.3) is 11.5 Å². The van der Waals surface area contributed by atoms with Gasteiger partial charge in [-0.25, -0.2) is 13.8 Å². The van der Waals surface area contributed by atoms with Gasteiger partial charge in [0, 0.05) is 6.20 Å². The van der Waals surface area contributed by atoms with E-state index in [1.165, 1.54) is 12.1 Å². The second kappa shape index (κ2) is 7.94. The van der Waals surface area contributed by atoms with Gasteiger partial charge in [0.25, 0.3) is 0 Å². The number of pyridine rings is 1. The number of amides is 1. The third-order valence-electron chi connectivity index (χ3n) is 4.09. The summed E-state index contributed by atoms with van der Waals surface area (Å²) in [7, 11) is 0. The molecule has 2 heterocycles. The van der Waals surface area contributed by atoms with Gasteiger partial charge in [-0.05, 0) is 35.7 Å². The van der Waals surface area contributed by atoms with E-state index in [-0.39, 0.29) is 36.1 Å². The maximum atomic E-state index is 13.2. The fraction of sp³-hybridized carbons (Fsp3) is 0.263. The largest absolute Gasteiger partial charge is 0.442 e. The van der Waals surface area contributed by atoms with Crippen molar-refractivity contribution in [3.63, 3.8) is 0 Å². The quantitative estimate of drug-likeness (QED) is 0.720. The normalized spacial score (nSPS) is 12.1. The summed E-state index contributed by atoms with van der Waals surface area (Å²) in [6, 6.07) is 10.8. The molecule has 7 nitrogen and oxygen atoms in total. The molecule has 8 heteroatoms. The van der Waals surface area contributed by atoms with Crippen LogP contribution in [0.5, 0.6) is 0 Å². The molecule has 1 aromatic carbocycles. The maximum Gasteiger partial charge on any atom is 0.442 e. The molecule has 0 saturated carbocycles. The summed E-state index contributed by atoms with van der Waals surface area (Å²) in [6.45, 7) is 3.62. The van der Waals surface area contributed by atoms with E-state index in [1.807, 2.05) is 13.8 Å². The predicted molar refractivity (Wildman–Crippen MR) is 96.1 cm³/mol. The molecule has 1 atom stereocenters. The Morgan fingerprint density at radius 1 is 1.22 bits per heavy atom.